The zero-order valence-corrected chi connectivity index (χ0v) is 18.4. The Morgan fingerprint density at radius 2 is 1.72 bits per heavy atom. The fourth-order valence-corrected chi connectivity index (χ4v) is 5.28. The second-order valence-corrected chi connectivity index (χ2v) is 10.3. The van der Waals surface area contributed by atoms with E-state index < -0.39 is 17.3 Å². The van der Waals surface area contributed by atoms with E-state index in [2.05, 4.69) is 18.9 Å². The minimum atomic E-state index is -0.904. The number of likely N-dealkylation sites (tertiary alicyclic amines) is 2. The number of hydrogen-bond donors (Lipinski definition) is 1. The standard InChI is InChI=1S/C24H28N4O4/c1-23(2)8-18(23)21(30)27-14-24(15-27)13-26(12-19(24)22(31)32)20(29)17-9-25-28(11-17)10-16-6-4-3-5-7-16/h3-7,9,11,18-19H,8,10,12-15H2,1-2H3,(H,31,32)/t18-,19-/m1/s1. The van der Waals surface area contributed by atoms with Crippen LogP contribution < -0.4 is 0 Å². The molecule has 32 heavy (non-hydrogen) atoms. The summed E-state index contributed by atoms with van der Waals surface area (Å²) in [6, 6.07) is 9.85. The predicted octanol–water partition coefficient (Wildman–Crippen LogP) is 1.96. The number of carboxylic acids is 1. The smallest absolute Gasteiger partial charge is 0.309 e. The highest BCUT2D eigenvalue weighted by atomic mass is 16.4. The Labute approximate surface area is 186 Å². The van der Waals surface area contributed by atoms with Gasteiger partial charge < -0.3 is 14.9 Å². The van der Waals surface area contributed by atoms with Gasteiger partial charge in [0.15, 0.2) is 0 Å². The number of benzene rings is 1. The Morgan fingerprint density at radius 1 is 1.06 bits per heavy atom. The van der Waals surface area contributed by atoms with Crippen molar-refractivity contribution >= 4 is 17.8 Å². The van der Waals surface area contributed by atoms with Crippen molar-refractivity contribution in [2.24, 2.45) is 22.7 Å². The fourth-order valence-electron chi connectivity index (χ4n) is 5.28. The second kappa shape index (κ2) is 7.18. The molecule has 2 aromatic rings. The van der Waals surface area contributed by atoms with Gasteiger partial charge in [0, 0.05) is 43.7 Å². The molecule has 2 atom stereocenters. The normalized spacial score (nSPS) is 24.9. The SMILES string of the molecule is CC1(C)C[C@@H]1C(=O)N1CC2(CN(C(=O)c3cnn(Cc4ccccc4)c3)C[C@@H]2C(=O)O)C1. The van der Waals surface area contributed by atoms with Gasteiger partial charge in [-0.05, 0) is 17.4 Å². The molecule has 1 N–H and O–H groups in total. The van der Waals surface area contributed by atoms with E-state index in [0.29, 0.717) is 31.7 Å². The van der Waals surface area contributed by atoms with E-state index in [4.69, 9.17) is 0 Å². The van der Waals surface area contributed by atoms with Gasteiger partial charge in [-0.25, -0.2) is 0 Å². The number of hydrogen-bond acceptors (Lipinski definition) is 4. The lowest BCUT2D eigenvalue weighted by Crippen LogP contribution is -2.63. The van der Waals surface area contributed by atoms with Gasteiger partial charge in [-0.3, -0.25) is 19.1 Å². The summed E-state index contributed by atoms with van der Waals surface area (Å²) in [4.78, 5) is 41.2. The number of carboxylic acid groups (broad SMARTS) is 1. The first kappa shape index (κ1) is 20.7. The van der Waals surface area contributed by atoms with Crippen molar-refractivity contribution in [3.05, 3.63) is 53.9 Å². The van der Waals surface area contributed by atoms with E-state index in [1.54, 1.807) is 20.7 Å². The van der Waals surface area contributed by atoms with Crippen molar-refractivity contribution in [2.75, 3.05) is 26.2 Å². The van der Waals surface area contributed by atoms with E-state index in [-0.39, 0.29) is 29.7 Å². The predicted molar refractivity (Wildman–Crippen MR) is 116 cm³/mol. The third kappa shape index (κ3) is 3.47. The Kier molecular flexibility index (Phi) is 4.65. The number of amides is 2. The zero-order valence-electron chi connectivity index (χ0n) is 18.4. The van der Waals surface area contributed by atoms with E-state index in [1.165, 1.54) is 6.20 Å². The Balaban J connectivity index is 1.26. The van der Waals surface area contributed by atoms with E-state index in [9.17, 15) is 19.5 Å². The summed E-state index contributed by atoms with van der Waals surface area (Å²) in [5.74, 6) is -1.61. The second-order valence-electron chi connectivity index (χ2n) is 10.3. The van der Waals surface area contributed by atoms with Crippen LogP contribution in [-0.2, 0) is 16.1 Å². The van der Waals surface area contributed by atoms with Crippen LogP contribution in [-0.4, -0.2) is 68.6 Å². The number of rotatable bonds is 5. The Bertz CT molecular complexity index is 1070. The van der Waals surface area contributed by atoms with Crippen molar-refractivity contribution in [1.29, 1.82) is 0 Å². The van der Waals surface area contributed by atoms with E-state index >= 15 is 0 Å². The van der Waals surface area contributed by atoms with Gasteiger partial charge in [-0.15, -0.1) is 0 Å². The summed E-state index contributed by atoms with van der Waals surface area (Å²) >= 11 is 0. The van der Waals surface area contributed by atoms with Crippen LogP contribution >= 0.6 is 0 Å². The first-order valence-electron chi connectivity index (χ1n) is 11.1. The molecule has 2 aliphatic heterocycles. The molecule has 1 aromatic heterocycles. The van der Waals surface area contributed by atoms with Crippen LogP contribution in [0.4, 0.5) is 0 Å². The highest BCUT2D eigenvalue weighted by Crippen LogP contribution is 2.54. The van der Waals surface area contributed by atoms with Crippen molar-refractivity contribution < 1.29 is 19.5 Å². The van der Waals surface area contributed by atoms with Gasteiger partial charge in [0.25, 0.3) is 5.91 Å². The van der Waals surface area contributed by atoms with E-state index in [0.717, 1.165) is 12.0 Å². The Hall–Kier alpha value is -3.16. The summed E-state index contributed by atoms with van der Waals surface area (Å²) in [6.07, 6.45) is 4.13. The van der Waals surface area contributed by atoms with Crippen LogP contribution in [0.5, 0.6) is 0 Å². The zero-order chi connectivity index (χ0) is 22.7. The quantitative estimate of drug-likeness (QED) is 0.773. The molecule has 1 aliphatic carbocycles. The summed E-state index contributed by atoms with van der Waals surface area (Å²) < 4.78 is 1.71. The third-order valence-electron chi connectivity index (χ3n) is 7.44. The number of nitrogens with zero attached hydrogens (tertiary/aromatic N) is 4. The maximum Gasteiger partial charge on any atom is 0.309 e. The van der Waals surface area contributed by atoms with Crippen LogP contribution in [0.2, 0.25) is 0 Å². The number of carbonyl (C=O) groups is 3. The van der Waals surface area contributed by atoms with Gasteiger partial charge in [-0.2, -0.15) is 5.10 Å². The molecule has 168 valence electrons. The topological polar surface area (TPSA) is 95.7 Å². The molecule has 3 aliphatic rings. The molecule has 3 heterocycles. The van der Waals surface area contributed by atoms with E-state index in [1.807, 2.05) is 30.3 Å². The summed E-state index contributed by atoms with van der Waals surface area (Å²) in [6.45, 7) is 6.06. The van der Waals surface area contributed by atoms with Crippen LogP contribution in [0.15, 0.2) is 42.7 Å². The average molecular weight is 437 g/mol. The van der Waals surface area contributed by atoms with Gasteiger partial charge in [-0.1, -0.05) is 44.2 Å². The van der Waals surface area contributed by atoms with Gasteiger partial charge >= 0.3 is 5.97 Å². The minimum absolute atomic E-state index is 0.0396. The highest BCUT2D eigenvalue weighted by molar-refractivity contribution is 5.94. The summed E-state index contributed by atoms with van der Waals surface area (Å²) in [5.41, 5.74) is 1.02. The molecule has 0 radical (unpaired) electrons. The number of aliphatic carboxylic acids is 1. The van der Waals surface area contributed by atoms with Crippen LogP contribution in [0.25, 0.3) is 0 Å². The molecular formula is C24H28N4O4. The van der Waals surface area contributed by atoms with Crippen molar-refractivity contribution in [2.45, 2.75) is 26.8 Å². The first-order valence-corrected chi connectivity index (χ1v) is 11.1. The molecule has 8 nitrogen and oxygen atoms in total. The molecule has 0 bridgehead atoms. The molecule has 1 aromatic carbocycles. The van der Waals surface area contributed by atoms with Crippen molar-refractivity contribution in [3.63, 3.8) is 0 Å². The van der Waals surface area contributed by atoms with Gasteiger partial charge in [0.2, 0.25) is 5.91 Å². The number of carbonyl (C=O) groups excluding carboxylic acids is 2. The largest absolute Gasteiger partial charge is 0.481 e. The van der Waals surface area contributed by atoms with Gasteiger partial charge in [0.05, 0.1) is 24.2 Å². The number of aromatic nitrogens is 2. The molecular weight excluding hydrogens is 408 g/mol. The molecule has 1 saturated carbocycles. The maximum atomic E-state index is 13.1. The Morgan fingerprint density at radius 3 is 2.34 bits per heavy atom. The fraction of sp³-hybridized carbons (Fsp3) is 0.500. The lowest BCUT2D eigenvalue weighted by Gasteiger charge is -2.50. The molecule has 2 amide bonds. The highest BCUT2D eigenvalue weighted by Gasteiger charge is 2.62. The molecule has 0 unspecified atom stereocenters. The van der Waals surface area contributed by atoms with Crippen LogP contribution in [0.1, 0.15) is 36.2 Å². The molecule has 5 rings (SSSR count). The lowest BCUT2D eigenvalue weighted by atomic mass is 9.71. The van der Waals surface area contributed by atoms with Crippen molar-refractivity contribution in [3.8, 4) is 0 Å². The minimum Gasteiger partial charge on any atom is -0.481 e. The summed E-state index contributed by atoms with van der Waals surface area (Å²) in [7, 11) is 0. The maximum absolute atomic E-state index is 13.1. The monoisotopic (exact) mass is 436 g/mol. The summed E-state index contributed by atoms with van der Waals surface area (Å²) in [5, 5.41) is 14.1. The van der Waals surface area contributed by atoms with Crippen molar-refractivity contribution in [1.82, 2.24) is 19.6 Å². The van der Waals surface area contributed by atoms with Crippen LogP contribution in [0, 0.1) is 22.7 Å². The lowest BCUT2D eigenvalue weighted by molar-refractivity contribution is -0.158. The third-order valence-corrected chi connectivity index (χ3v) is 7.44. The molecule has 1 spiro atoms. The van der Waals surface area contributed by atoms with Gasteiger partial charge in [0.1, 0.15) is 0 Å². The molecule has 3 fully saturated rings. The van der Waals surface area contributed by atoms with Crippen LogP contribution in [0.3, 0.4) is 0 Å². The first-order chi connectivity index (χ1) is 15.2. The molecule has 8 heteroatoms. The molecule has 2 saturated heterocycles. The average Bonchev–Trinajstić information content (AvgIpc) is 3.10.